The van der Waals surface area contributed by atoms with E-state index in [0.717, 1.165) is 12.8 Å². The molecule has 0 radical (unpaired) electrons. The van der Waals surface area contributed by atoms with Gasteiger partial charge >= 0.3 is 0 Å². The number of aliphatic hydroxyl groups excluding tert-OH is 2. The Bertz CT molecular complexity index is 1160. The number of hydrogen-bond donors (Lipinski definition) is 3. The van der Waals surface area contributed by atoms with Crippen LogP contribution >= 0.6 is 0 Å². The number of nitrogens with zero attached hydrogens (tertiary/aromatic N) is 4. The molecular formula is C23H27N5O7. The zero-order chi connectivity index (χ0) is 24.4. The van der Waals surface area contributed by atoms with E-state index >= 15 is 0 Å². The van der Waals surface area contributed by atoms with Crippen LogP contribution in [0.15, 0.2) is 36.9 Å². The van der Waals surface area contributed by atoms with Gasteiger partial charge < -0.3 is 34.5 Å². The normalized spacial score (nSPS) is 26.7. The molecule has 35 heavy (non-hydrogen) atoms. The van der Waals surface area contributed by atoms with E-state index in [2.05, 4.69) is 20.3 Å². The molecule has 2 aliphatic rings. The number of carbonyl (C=O) groups excluding carboxylic acids is 1. The molecule has 5 atom stereocenters. The zero-order valence-electron chi connectivity index (χ0n) is 19.1. The number of fused-ring (bicyclic) bond motifs is 1. The topological polar surface area (TPSA) is 150 Å². The molecule has 1 aromatic carbocycles. The minimum absolute atomic E-state index is 0.212. The van der Waals surface area contributed by atoms with Gasteiger partial charge in [0.25, 0.3) is 5.91 Å². The molecule has 4 heterocycles. The molecule has 12 heteroatoms. The van der Waals surface area contributed by atoms with Crippen molar-refractivity contribution in [3.05, 3.63) is 42.5 Å². The second-order valence-electron chi connectivity index (χ2n) is 8.36. The number of rotatable bonds is 7. The van der Waals surface area contributed by atoms with Crippen LogP contribution in [0.2, 0.25) is 0 Å². The lowest BCUT2D eigenvalue weighted by molar-refractivity contribution is -0.210. The lowest BCUT2D eigenvalue weighted by Crippen LogP contribution is -2.40. The number of carbonyl (C=O) groups is 1. The smallest absolute Gasteiger partial charge is 0.256 e. The molecule has 0 saturated carbocycles. The second-order valence-corrected chi connectivity index (χ2v) is 8.36. The van der Waals surface area contributed by atoms with Crippen LogP contribution in [-0.4, -0.2) is 80.6 Å². The van der Waals surface area contributed by atoms with Crippen LogP contribution in [0.25, 0.3) is 11.2 Å². The number of aromatic nitrogens is 4. The fraction of sp³-hybridized carbons (Fsp3) is 0.478. The number of anilines is 1. The quantitative estimate of drug-likeness (QED) is 0.446. The highest BCUT2D eigenvalue weighted by molar-refractivity contribution is 6.06. The summed E-state index contributed by atoms with van der Waals surface area (Å²) in [5.74, 6) is 0.475. The van der Waals surface area contributed by atoms with Gasteiger partial charge in [0.1, 0.15) is 30.4 Å². The number of hydrogen-bond acceptors (Lipinski definition) is 10. The van der Waals surface area contributed by atoms with Crippen molar-refractivity contribution in [3.8, 4) is 5.75 Å². The van der Waals surface area contributed by atoms with Gasteiger partial charge in [-0.05, 0) is 43.5 Å². The first-order chi connectivity index (χ1) is 17.1. The zero-order valence-corrected chi connectivity index (χ0v) is 19.1. The molecule has 2 aliphatic heterocycles. The molecular weight excluding hydrogens is 458 g/mol. The van der Waals surface area contributed by atoms with Gasteiger partial charge in [0.05, 0.1) is 20.0 Å². The van der Waals surface area contributed by atoms with Gasteiger partial charge in [-0.1, -0.05) is 0 Å². The summed E-state index contributed by atoms with van der Waals surface area (Å²) in [6, 6.07) is 6.65. The van der Waals surface area contributed by atoms with Crippen LogP contribution in [-0.2, 0) is 14.2 Å². The Hall–Kier alpha value is -3.16. The van der Waals surface area contributed by atoms with Crippen molar-refractivity contribution in [1.82, 2.24) is 19.5 Å². The van der Waals surface area contributed by atoms with E-state index in [9.17, 15) is 15.0 Å². The summed E-state index contributed by atoms with van der Waals surface area (Å²) in [7, 11) is 1.55. The van der Waals surface area contributed by atoms with Gasteiger partial charge in [-0.25, -0.2) is 15.0 Å². The fourth-order valence-electron chi connectivity index (χ4n) is 4.31. The van der Waals surface area contributed by atoms with E-state index in [-0.39, 0.29) is 18.3 Å². The molecule has 5 unspecified atom stereocenters. The van der Waals surface area contributed by atoms with Crippen molar-refractivity contribution < 1.29 is 34.0 Å². The minimum atomic E-state index is -1.11. The Morgan fingerprint density at radius 1 is 1.23 bits per heavy atom. The van der Waals surface area contributed by atoms with Gasteiger partial charge in [0, 0.05) is 12.2 Å². The van der Waals surface area contributed by atoms with E-state index in [1.54, 1.807) is 35.9 Å². The second kappa shape index (κ2) is 10.2. The summed E-state index contributed by atoms with van der Waals surface area (Å²) in [6.07, 6.45) is 1.36. The van der Waals surface area contributed by atoms with Gasteiger partial charge in [-0.15, -0.1) is 0 Å². The van der Waals surface area contributed by atoms with E-state index in [1.165, 1.54) is 12.7 Å². The van der Waals surface area contributed by atoms with Crippen molar-refractivity contribution >= 4 is 22.9 Å². The van der Waals surface area contributed by atoms with E-state index in [0.29, 0.717) is 35.5 Å². The summed E-state index contributed by atoms with van der Waals surface area (Å²) in [5, 5.41) is 23.6. The highest BCUT2D eigenvalue weighted by Crippen LogP contribution is 2.35. The molecule has 3 N–H and O–H groups in total. The average molecular weight is 485 g/mol. The third-order valence-electron chi connectivity index (χ3n) is 6.15. The molecule has 0 spiro atoms. The highest BCUT2D eigenvalue weighted by atomic mass is 16.7. The standard InChI is InChI=1S/C23H27N5O7/c1-32-14-7-5-13(6-8-14)22(31)27-20-17-21(25-11-24-20)28(12-26-17)23-18(30)19(15(10-29)34-23)35-16-4-2-3-9-33-16/h5-8,11-12,15-16,18-19,23,29-30H,2-4,9-10H2,1H3,(H,24,25,27,31). The molecule has 186 valence electrons. The predicted octanol–water partition coefficient (Wildman–Crippen LogP) is 1.25. The third kappa shape index (κ3) is 4.70. The first kappa shape index (κ1) is 23.6. The lowest BCUT2D eigenvalue weighted by atomic mass is 10.1. The molecule has 0 bridgehead atoms. The summed E-state index contributed by atoms with van der Waals surface area (Å²) >= 11 is 0. The van der Waals surface area contributed by atoms with E-state index in [1.807, 2.05) is 0 Å². The van der Waals surface area contributed by atoms with Crippen molar-refractivity contribution in [2.75, 3.05) is 25.6 Å². The van der Waals surface area contributed by atoms with Gasteiger partial charge in [-0.3, -0.25) is 9.36 Å². The maximum Gasteiger partial charge on any atom is 0.256 e. The fourth-order valence-corrected chi connectivity index (χ4v) is 4.31. The number of benzene rings is 1. The summed E-state index contributed by atoms with van der Waals surface area (Å²) < 4.78 is 24.2. The van der Waals surface area contributed by atoms with Gasteiger partial charge in [0.15, 0.2) is 29.5 Å². The summed E-state index contributed by atoms with van der Waals surface area (Å²) in [4.78, 5) is 25.5. The molecule has 0 aliphatic carbocycles. The first-order valence-electron chi connectivity index (χ1n) is 11.4. The highest BCUT2D eigenvalue weighted by Gasteiger charge is 2.47. The van der Waals surface area contributed by atoms with Crippen LogP contribution in [0.3, 0.4) is 0 Å². The maximum atomic E-state index is 12.7. The first-order valence-corrected chi connectivity index (χ1v) is 11.4. The van der Waals surface area contributed by atoms with Crippen LogP contribution in [0.1, 0.15) is 35.8 Å². The summed E-state index contributed by atoms with van der Waals surface area (Å²) in [6.45, 7) is 0.255. The number of aliphatic hydroxyl groups is 2. The number of nitrogens with one attached hydrogen (secondary N) is 1. The van der Waals surface area contributed by atoms with Crippen LogP contribution in [0, 0.1) is 0 Å². The van der Waals surface area contributed by atoms with Crippen molar-refractivity contribution in [3.63, 3.8) is 0 Å². The average Bonchev–Trinajstić information content (AvgIpc) is 3.46. The molecule has 2 saturated heterocycles. The van der Waals surface area contributed by atoms with Crippen molar-refractivity contribution in [2.45, 2.75) is 50.1 Å². The van der Waals surface area contributed by atoms with Crippen LogP contribution < -0.4 is 10.1 Å². The Morgan fingerprint density at radius 2 is 2.06 bits per heavy atom. The molecule has 12 nitrogen and oxygen atoms in total. The van der Waals surface area contributed by atoms with Crippen LogP contribution in [0.4, 0.5) is 5.82 Å². The molecule has 3 aromatic rings. The number of ether oxygens (including phenoxy) is 4. The molecule has 2 aromatic heterocycles. The van der Waals surface area contributed by atoms with E-state index < -0.39 is 30.8 Å². The van der Waals surface area contributed by atoms with Crippen molar-refractivity contribution in [1.29, 1.82) is 0 Å². The Labute approximate surface area is 200 Å². The number of imidazole rings is 1. The number of methoxy groups -OCH3 is 1. The van der Waals surface area contributed by atoms with Crippen LogP contribution in [0.5, 0.6) is 5.75 Å². The van der Waals surface area contributed by atoms with E-state index in [4.69, 9.17) is 18.9 Å². The number of amides is 1. The monoisotopic (exact) mass is 485 g/mol. The van der Waals surface area contributed by atoms with Crippen molar-refractivity contribution in [2.24, 2.45) is 0 Å². The van der Waals surface area contributed by atoms with Gasteiger partial charge in [0.2, 0.25) is 0 Å². The minimum Gasteiger partial charge on any atom is -0.497 e. The third-order valence-corrected chi connectivity index (χ3v) is 6.15. The Balaban J connectivity index is 1.36. The largest absolute Gasteiger partial charge is 0.497 e. The lowest BCUT2D eigenvalue weighted by Gasteiger charge is -2.28. The summed E-state index contributed by atoms with van der Waals surface area (Å²) in [5.41, 5.74) is 1.09. The molecule has 2 fully saturated rings. The maximum absolute atomic E-state index is 12.7. The predicted molar refractivity (Wildman–Crippen MR) is 122 cm³/mol. The van der Waals surface area contributed by atoms with Gasteiger partial charge in [-0.2, -0.15) is 0 Å². The Morgan fingerprint density at radius 3 is 2.77 bits per heavy atom. The molecule has 1 amide bonds. The molecule has 5 rings (SSSR count). The Kier molecular flexibility index (Phi) is 6.88. The SMILES string of the molecule is COc1ccc(C(=O)Nc2ncnc3c2ncn3C2OC(CO)C(OC3CCCCO3)C2O)cc1.